The molecule has 0 fully saturated rings. The van der Waals surface area contributed by atoms with Gasteiger partial charge in [0, 0.05) is 43.7 Å². The predicted octanol–water partition coefficient (Wildman–Crippen LogP) is 15.0. The van der Waals surface area contributed by atoms with Gasteiger partial charge in [-0.05, 0) is 83.8 Å². The van der Waals surface area contributed by atoms with Gasteiger partial charge in [-0.2, -0.15) is 0 Å². The first-order valence-corrected chi connectivity index (χ1v) is 19.4. The lowest BCUT2D eigenvalue weighted by atomic mass is 10.0. The summed E-state index contributed by atoms with van der Waals surface area (Å²) < 4.78 is 10.3. The van der Waals surface area contributed by atoms with Gasteiger partial charge in [-0.15, -0.1) is 11.3 Å². The lowest BCUT2D eigenvalue weighted by Gasteiger charge is -2.26. The lowest BCUT2D eigenvalue weighted by Crippen LogP contribution is -2.10. The summed E-state index contributed by atoms with van der Waals surface area (Å²) in [5.74, 6) is 0. The number of aromatic nitrogens is 1. The summed E-state index contributed by atoms with van der Waals surface area (Å²) in [6, 6.07) is 62.2. The van der Waals surface area contributed by atoms with Crippen molar-refractivity contribution in [1.29, 1.82) is 0 Å². The van der Waals surface area contributed by atoms with E-state index in [0.29, 0.717) is 0 Å². The van der Waals surface area contributed by atoms with Crippen LogP contribution in [0, 0.1) is 0 Å². The molecule has 0 bridgehead atoms. The van der Waals surface area contributed by atoms with Crippen molar-refractivity contribution in [2.45, 2.75) is 6.92 Å². The molecule has 4 heteroatoms. The number of thiophene rings is 1. The second-order valence-corrected chi connectivity index (χ2v) is 14.8. The Morgan fingerprint density at radius 2 is 1.31 bits per heavy atom. The van der Waals surface area contributed by atoms with Crippen molar-refractivity contribution >= 4 is 83.1 Å². The molecule has 0 amide bonds. The molecule has 55 heavy (non-hydrogen) atoms. The van der Waals surface area contributed by atoms with Crippen LogP contribution < -0.4 is 4.90 Å². The average molecular weight is 725 g/mol. The number of anilines is 3. The molecule has 7 aromatic carbocycles. The number of allylic oxidation sites excluding steroid dienone is 1. The number of nitrogens with zero attached hydrogens (tertiary/aromatic N) is 2. The van der Waals surface area contributed by atoms with E-state index in [0.717, 1.165) is 60.7 Å². The van der Waals surface area contributed by atoms with E-state index in [1.165, 1.54) is 37.8 Å². The van der Waals surface area contributed by atoms with Crippen molar-refractivity contribution in [3.63, 3.8) is 0 Å². The summed E-state index contributed by atoms with van der Waals surface area (Å²) in [4.78, 5) is 3.47. The summed E-state index contributed by atoms with van der Waals surface area (Å²) in [5, 5.41) is 3.44. The normalized spacial score (nSPS) is 11.7. The summed E-state index contributed by atoms with van der Waals surface area (Å²) >= 11 is 1.82. The van der Waals surface area contributed by atoms with Crippen molar-refractivity contribution in [3.05, 3.63) is 205 Å². The van der Waals surface area contributed by atoms with Crippen LogP contribution in [0.5, 0.6) is 0 Å². The van der Waals surface area contributed by atoms with Crippen molar-refractivity contribution in [1.82, 2.24) is 4.57 Å². The Labute approximate surface area is 324 Å². The second-order valence-electron chi connectivity index (χ2n) is 13.7. The van der Waals surface area contributed by atoms with E-state index < -0.39 is 0 Å². The van der Waals surface area contributed by atoms with Crippen LogP contribution in [0.1, 0.15) is 22.9 Å². The van der Waals surface area contributed by atoms with Crippen molar-refractivity contribution in [2.75, 3.05) is 4.90 Å². The number of hydrogen-bond acceptors (Lipinski definition) is 3. The Morgan fingerprint density at radius 3 is 2.11 bits per heavy atom. The Balaban J connectivity index is 1.14. The fourth-order valence-corrected chi connectivity index (χ4v) is 9.24. The zero-order valence-electron chi connectivity index (χ0n) is 30.3. The van der Waals surface area contributed by atoms with Crippen LogP contribution in [0.2, 0.25) is 0 Å². The van der Waals surface area contributed by atoms with Gasteiger partial charge in [0.05, 0.1) is 21.4 Å². The summed E-state index contributed by atoms with van der Waals surface area (Å²) in [5.41, 5.74) is 13.9. The van der Waals surface area contributed by atoms with Gasteiger partial charge in [-0.25, -0.2) is 0 Å². The summed E-state index contributed by atoms with van der Waals surface area (Å²) in [6.07, 6.45) is 4.38. The van der Waals surface area contributed by atoms with Gasteiger partial charge >= 0.3 is 0 Å². The smallest absolute Gasteiger partial charge is 0.159 e. The molecule has 0 N–H and O–H groups in total. The minimum Gasteiger partial charge on any atom is -0.454 e. The van der Waals surface area contributed by atoms with Crippen LogP contribution >= 0.6 is 11.3 Å². The zero-order valence-corrected chi connectivity index (χ0v) is 31.1. The van der Waals surface area contributed by atoms with E-state index >= 15 is 0 Å². The number of para-hydroxylation sites is 4. The molecule has 0 spiro atoms. The van der Waals surface area contributed by atoms with E-state index in [1.54, 1.807) is 0 Å². The van der Waals surface area contributed by atoms with Crippen LogP contribution in [0.25, 0.3) is 71.5 Å². The van der Waals surface area contributed by atoms with Gasteiger partial charge in [0.1, 0.15) is 5.58 Å². The number of rotatable bonds is 8. The Hall–Kier alpha value is -6.88. The molecule has 0 saturated carbocycles. The second kappa shape index (κ2) is 13.5. The van der Waals surface area contributed by atoms with Gasteiger partial charge in [0.25, 0.3) is 0 Å². The van der Waals surface area contributed by atoms with Gasteiger partial charge in [-0.1, -0.05) is 140 Å². The van der Waals surface area contributed by atoms with Gasteiger partial charge in [0.2, 0.25) is 0 Å². The maximum atomic E-state index is 6.63. The number of furan rings is 1. The fraction of sp³-hybridized carbons (Fsp3) is 0.0196. The van der Waals surface area contributed by atoms with Crippen LogP contribution in [0.15, 0.2) is 193 Å². The molecule has 0 atom stereocenters. The molecule has 3 nitrogen and oxygen atoms in total. The predicted molar refractivity (Wildman–Crippen MR) is 235 cm³/mol. The van der Waals surface area contributed by atoms with Crippen molar-refractivity contribution < 1.29 is 4.42 Å². The number of hydrogen-bond donors (Lipinski definition) is 0. The molecule has 10 rings (SSSR count). The van der Waals surface area contributed by atoms with Crippen molar-refractivity contribution in [3.8, 4) is 16.8 Å². The van der Waals surface area contributed by atoms with E-state index in [9.17, 15) is 0 Å². The lowest BCUT2D eigenvalue weighted by molar-refractivity contribution is 0.669. The highest BCUT2D eigenvalue weighted by atomic mass is 32.1. The molecule has 0 unspecified atom stereocenters. The summed E-state index contributed by atoms with van der Waals surface area (Å²) in [7, 11) is 0. The molecule has 10 aromatic rings. The molecule has 0 aliphatic heterocycles. The topological polar surface area (TPSA) is 21.3 Å². The third-order valence-corrected chi connectivity index (χ3v) is 11.8. The number of fused-ring (bicyclic) bond motifs is 6. The Bertz CT molecular complexity index is 3050. The van der Waals surface area contributed by atoms with Gasteiger partial charge in [-0.3, -0.25) is 0 Å². The standard InChI is InChI=1S/C51H36N2OS/c1-3-16-44-48-51(43-24-10-12-26-45(43)53(48)38-20-8-5-9-21-38)55-50(44)34(2)37-19-14-22-40(33-37)52(39-31-29-36(30-32-39)35-17-6-4-7-18-35)46-27-15-25-42-41-23-11-13-28-47(41)54-49(42)46/h3-33H,2H2,1H3/b16-3-. The largest absolute Gasteiger partial charge is 0.454 e. The molecule has 0 aliphatic rings. The third-order valence-electron chi connectivity index (χ3n) is 10.5. The van der Waals surface area contributed by atoms with E-state index in [-0.39, 0.29) is 0 Å². The summed E-state index contributed by atoms with van der Waals surface area (Å²) in [6.45, 7) is 6.88. The highest BCUT2D eigenvalue weighted by Gasteiger charge is 2.24. The minimum absolute atomic E-state index is 0.852. The van der Waals surface area contributed by atoms with Crippen LogP contribution in [-0.2, 0) is 0 Å². The van der Waals surface area contributed by atoms with Gasteiger partial charge < -0.3 is 13.9 Å². The molecular weight excluding hydrogens is 689 g/mol. The number of benzene rings is 7. The first-order valence-electron chi connectivity index (χ1n) is 18.6. The monoisotopic (exact) mass is 724 g/mol. The molecule has 262 valence electrons. The SMILES string of the molecule is C=C(c1cccc(N(c2ccc(-c3ccccc3)cc2)c2cccc3c2oc2ccccc23)c1)c1sc2c3ccccc3n(-c3ccccc3)c2c1/C=C\C. The van der Waals surface area contributed by atoms with Crippen LogP contribution in [-0.4, -0.2) is 4.57 Å². The Morgan fingerprint density at radius 1 is 0.636 bits per heavy atom. The molecule has 0 aliphatic carbocycles. The minimum atomic E-state index is 0.852. The molecule has 0 saturated heterocycles. The molecular formula is C51H36N2OS. The quantitative estimate of drug-likeness (QED) is 0.156. The van der Waals surface area contributed by atoms with E-state index in [1.807, 2.05) is 23.5 Å². The molecule has 3 heterocycles. The Kier molecular flexibility index (Phi) is 8.05. The maximum absolute atomic E-state index is 6.63. The van der Waals surface area contributed by atoms with E-state index in [2.05, 4.69) is 192 Å². The van der Waals surface area contributed by atoms with Crippen LogP contribution in [0.4, 0.5) is 17.1 Å². The maximum Gasteiger partial charge on any atom is 0.159 e. The van der Waals surface area contributed by atoms with Crippen molar-refractivity contribution in [2.24, 2.45) is 0 Å². The van der Waals surface area contributed by atoms with Gasteiger partial charge in [0.15, 0.2) is 5.58 Å². The van der Waals surface area contributed by atoms with Crippen LogP contribution in [0.3, 0.4) is 0 Å². The zero-order chi connectivity index (χ0) is 36.9. The molecule has 0 radical (unpaired) electrons. The first kappa shape index (κ1) is 32.7. The third kappa shape index (κ3) is 5.50. The highest BCUT2D eigenvalue weighted by Crippen LogP contribution is 2.47. The fourth-order valence-electron chi connectivity index (χ4n) is 7.94. The average Bonchev–Trinajstić information content (AvgIpc) is 3.91. The first-order chi connectivity index (χ1) is 27.2. The van der Waals surface area contributed by atoms with E-state index in [4.69, 9.17) is 11.0 Å². The highest BCUT2D eigenvalue weighted by molar-refractivity contribution is 7.21. The molecule has 3 aromatic heterocycles.